The molecule has 1 atom stereocenters. The minimum atomic E-state index is -0.784. The largest absolute Gasteiger partial charge is 0.462 e. The van der Waals surface area contributed by atoms with Gasteiger partial charge in [-0.25, -0.2) is 0 Å². The predicted molar refractivity (Wildman–Crippen MR) is 256 cm³/mol. The molecule has 60 heavy (non-hydrogen) atoms. The molecule has 344 valence electrons. The topological polar surface area (TPSA) is 78.9 Å². The van der Waals surface area contributed by atoms with Gasteiger partial charge in [0.05, 0.1) is 0 Å². The molecule has 0 aromatic carbocycles. The number of hydrogen-bond acceptors (Lipinski definition) is 6. The summed E-state index contributed by atoms with van der Waals surface area (Å²) >= 11 is 0. The SMILES string of the molecule is CC/C=C\C/C=C\C/C=C\C/C=C\C/C=C\CCCCCCCC(=O)OCC(COC(=O)CCCCCCCCCCCC)OC(=O)CCCCCCC/C=C\CCCC. The molecule has 6 nitrogen and oxygen atoms in total. The number of carbonyl (C=O) groups excluding carboxylic acids is 3. The zero-order chi connectivity index (χ0) is 43.7. The number of esters is 3. The molecule has 0 N–H and O–H groups in total. The molecule has 0 saturated carbocycles. The first-order chi connectivity index (χ1) is 29.5. The Morgan fingerprint density at radius 3 is 1.08 bits per heavy atom. The van der Waals surface area contributed by atoms with Crippen molar-refractivity contribution in [1.29, 1.82) is 0 Å². The third-order valence-corrected chi connectivity index (χ3v) is 10.4. The Labute approximate surface area is 370 Å². The first-order valence-electron chi connectivity index (χ1n) is 24.9. The monoisotopic (exact) mass is 837 g/mol. The zero-order valence-corrected chi connectivity index (χ0v) is 39.2. The molecule has 0 amide bonds. The fourth-order valence-electron chi connectivity index (χ4n) is 6.68. The smallest absolute Gasteiger partial charge is 0.306 e. The number of hydrogen-bond donors (Lipinski definition) is 0. The Hall–Kier alpha value is -3.15. The zero-order valence-electron chi connectivity index (χ0n) is 39.2. The summed E-state index contributed by atoms with van der Waals surface area (Å²) < 4.78 is 16.7. The van der Waals surface area contributed by atoms with E-state index >= 15 is 0 Å². The van der Waals surface area contributed by atoms with Crippen LogP contribution < -0.4 is 0 Å². The second-order valence-electron chi connectivity index (χ2n) is 16.3. The van der Waals surface area contributed by atoms with Crippen molar-refractivity contribution < 1.29 is 28.6 Å². The molecule has 6 heteroatoms. The highest BCUT2D eigenvalue weighted by Crippen LogP contribution is 2.14. The highest BCUT2D eigenvalue weighted by Gasteiger charge is 2.19. The number of unbranched alkanes of at least 4 members (excludes halogenated alkanes) is 21. The Morgan fingerprint density at radius 2 is 0.667 bits per heavy atom. The van der Waals surface area contributed by atoms with Crippen LogP contribution in [0.2, 0.25) is 0 Å². The van der Waals surface area contributed by atoms with Gasteiger partial charge in [-0.2, -0.15) is 0 Å². The third kappa shape index (κ3) is 45.9. The maximum Gasteiger partial charge on any atom is 0.306 e. The average Bonchev–Trinajstić information content (AvgIpc) is 3.24. The van der Waals surface area contributed by atoms with Gasteiger partial charge in [0.1, 0.15) is 13.2 Å². The van der Waals surface area contributed by atoms with E-state index in [2.05, 4.69) is 93.7 Å². The lowest BCUT2D eigenvalue weighted by Crippen LogP contribution is -2.30. The van der Waals surface area contributed by atoms with Crippen molar-refractivity contribution in [1.82, 2.24) is 0 Å². The van der Waals surface area contributed by atoms with Crippen LogP contribution >= 0.6 is 0 Å². The van der Waals surface area contributed by atoms with Gasteiger partial charge in [0, 0.05) is 19.3 Å². The van der Waals surface area contributed by atoms with Gasteiger partial charge in [0.25, 0.3) is 0 Å². The van der Waals surface area contributed by atoms with Crippen LogP contribution in [-0.2, 0) is 28.6 Å². The van der Waals surface area contributed by atoms with E-state index in [-0.39, 0.29) is 31.1 Å². The predicted octanol–water partition coefficient (Wildman–Crippen LogP) is 16.3. The molecule has 0 rings (SSSR count). The molecule has 0 fully saturated rings. The minimum absolute atomic E-state index is 0.0841. The van der Waals surface area contributed by atoms with E-state index in [0.29, 0.717) is 19.3 Å². The summed E-state index contributed by atoms with van der Waals surface area (Å²) in [6.07, 6.45) is 60.3. The lowest BCUT2D eigenvalue weighted by molar-refractivity contribution is -0.167. The molecule has 0 aliphatic carbocycles. The Balaban J connectivity index is 4.34. The van der Waals surface area contributed by atoms with Crippen LogP contribution in [0.3, 0.4) is 0 Å². The summed E-state index contributed by atoms with van der Waals surface area (Å²) in [7, 11) is 0. The molecule has 0 aromatic rings. The maximum atomic E-state index is 12.7. The molecule has 0 aromatic heterocycles. The number of carbonyl (C=O) groups is 3. The van der Waals surface area contributed by atoms with Crippen LogP contribution in [-0.4, -0.2) is 37.2 Å². The van der Waals surface area contributed by atoms with E-state index in [0.717, 1.165) is 122 Å². The molecule has 0 spiro atoms. The molecule has 0 heterocycles. The standard InChI is InChI=1S/C54H92O6/c1-4-7-10-13-16-19-22-23-24-25-26-27-28-29-30-31-33-35-38-41-44-47-53(56)59-50-51(49-58-52(55)46-43-40-37-34-21-18-15-12-9-6-3)60-54(57)48-45-42-39-36-32-20-17-14-11-8-5-2/h7,10,14,16-17,19,23-24,26-27,29-30,51H,4-6,8-9,11-13,15,18,20-22,25,28,31-50H2,1-3H3/b10-7-,17-14-,19-16-,24-23-,27-26-,30-29-. The number of rotatable bonds is 44. The molecular formula is C54H92O6. The van der Waals surface area contributed by atoms with Crippen LogP contribution in [0.15, 0.2) is 72.9 Å². The first kappa shape index (κ1) is 56.9. The second-order valence-corrected chi connectivity index (χ2v) is 16.3. The summed E-state index contributed by atoms with van der Waals surface area (Å²) in [4.78, 5) is 37.8. The van der Waals surface area contributed by atoms with Crippen molar-refractivity contribution in [3.63, 3.8) is 0 Å². The Kier molecular flexibility index (Phi) is 46.0. The van der Waals surface area contributed by atoms with Gasteiger partial charge in [-0.15, -0.1) is 0 Å². The first-order valence-corrected chi connectivity index (χ1v) is 24.9. The van der Waals surface area contributed by atoms with Crippen molar-refractivity contribution >= 4 is 17.9 Å². The highest BCUT2D eigenvalue weighted by molar-refractivity contribution is 5.71. The molecule has 0 saturated heterocycles. The Morgan fingerprint density at radius 1 is 0.350 bits per heavy atom. The van der Waals surface area contributed by atoms with Crippen LogP contribution in [0.5, 0.6) is 0 Å². The van der Waals surface area contributed by atoms with Gasteiger partial charge >= 0.3 is 17.9 Å². The van der Waals surface area contributed by atoms with Crippen LogP contribution in [0.4, 0.5) is 0 Å². The second kappa shape index (κ2) is 48.5. The molecule has 1 unspecified atom stereocenters. The van der Waals surface area contributed by atoms with E-state index in [1.54, 1.807) is 0 Å². The van der Waals surface area contributed by atoms with Gasteiger partial charge < -0.3 is 14.2 Å². The summed E-state index contributed by atoms with van der Waals surface area (Å²) in [5, 5.41) is 0. The fourth-order valence-corrected chi connectivity index (χ4v) is 6.68. The Bertz CT molecular complexity index is 1140. The van der Waals surface area contributed by atoms with Crippen LogP contribution in [0.25, 0.3) is 0 Å². The number of allylic oxidation sites excluding steroid dienone is 12. The number of ether oxygens (including phenoxy) is 3. The molecule has 0 aliphatic rings. The van der Waals surface area contributed by atoms with Crippen LogP contribution in [0.1, 0.15) is 233 Å². The summed E-state index contributed by atoms with van der Waals surface area (Å²) in [6, 6.07) is 0. The van der Waals surface area contributed by atoms with Crippen molar-refractivity contribution in [2.45, 2.75) is 239 Å². The van der Waals surface area contributed by atoms with Gasteiger partial charge in [-0.05, 0) is 83.5 Å². The van der Waals surface area contributed by atoms with E-state index in [1.807, 2.05) is 0 Å². The fraction of sp³-hybridized carbons (Fsp3) is 0.722. The van der Waals surface area contributed by atoms with Crippen molar-refractivity contribution in [2.75, 3.05) is 13.2 Å². The van der Waals surface area contributed by atoms with Crippen molar-refractivity contribution in [2.24, 2.45) is 0 Å². The quantitative estimate of drug-likeness (QED) is 0.0263. The molecule has 0 radical (unpaired) electrons. The third-order valence-electron chi connectivity index (χ3n) is 10.4. The summed E-state index contributed by atoms with van der Waals surface area (Å²) in [5.74, 6) is -0.916. The van der Waals surface area contributed by atoms with Gasteiger partial charge in [0.2, 0.25) is 0 Å². The van der Waals surface area contributed by atoms with Gasteiger partial charge in [0.15, 0.2) is 6.10 Å². The lowest BCUT2D eigenvalue weighted by Gasteiger charge is -2.18. The van der Waals surface area contributed by atoms with Crippen molar-refractivity contribution in [3.05, 3.63) is 72.9 Å². The molecule has 0 aliphatic heterocycles. The normalized spacial score (nSPS) is 12.7. The van der Waals surface area contributed by atoms with E-state index in [9.17, 15) is 14.4 Å². The molecule has 0 bridgehead atoms. The van der Waals surface area contributed by atoms with Crippen molar-refractivity contribution in [3.8, 4) is 0 Å². The van der Waals surface area contributed by atoms with E-state index in [4.69, 9.17) is 14.2 Å². The summed E-state index contributed by atoms with van der Waals surface area (Å²) in [6.45, 7) is 6.44. The lowest BCUT2D eigenvalue weighted by atomic mass is 10.1. The molecular weight excluding hydrogens is 745 g/mol. The van der Waals surface area contributed by atoms with Crippen LogP contribution in [0, 0.1) is 0 Å². The summed E-state index contributed by atoms with van der Waals surface area (Å²) in [5.41, 5.74) is 0. The van der Waals surface area contributed by atoms with Gasteiger partial charge in [-0.3, -0.25) is 14.4 Å². The van der Waals surface area contributed by atoms with Gasteiger partial charge in [-0.1, -0.05) is 203 Å². The average molecular weight is 837 g/mol. The van der Waals surface area contributed by atoms with E-state index < -0.39 is 6.10 Å². The van der Waals surface area contributed by atoms with E-state index in [1.165, 1.54) is 70.6 Å². The highest BCUT2D eigenvalue weighted by atomic mass is 16.6. The minimum Gasteiger partial charge on any atom is -0.462 e. The maximum absolute atomic E-state index is 12.7.